The van der Waals surface area contributed by atoms with Gasteiger partial charge in [-0.3, -0.25) is 0 Å². The second-order valence-electron chi connectivity index (χ2n) is 12.7. The van der Waals surface area contributed by atoms with Crippen molar-refractivity contribution < 1.29 is 13.3 Å². The van der Waals surface area contributed by atoms with Gasteiger partial charge < -0.3 is 13.3 Å². The van der Waals surface area contributed by atoms with Crippen molar-refractivity contribution in [2.24, 2.45) is 0 Å². The molecule has 0 N–H and O–H groups in total. The third-order valence-electron chi connectivity index (χ3n) is 9.07. The van der Waals surface area contributed by atoms with Crippen molar-refractivity contribution >= 4 is 21.4 Å². The molecule has 0 amide bonds. The highest BCUT2D eigenvalue weighted by Gasteiger charge is 2.36. The molecule has 0 aromatic heterocycles. The first-order valence-electron chi connectivity index (χ1n) is 18.5. The standard InChI is InChI=1S/C36H76O3SSi/c1-37-41(38-2,39-3)36-34-32-30-28-26-24-22-20-18-16-14-12-10-8-6-4-5-7-9-11-13-15-17-19-21-23-25-27-29-31-33-35-40/h40H,4-36H2,1-3H3. The van der Waals surface area contributed by atoms with Gasteiger partial charge in [-0.25, -0.2) is 0 Å². The molecule has 0 saturated heterocycles. The van der Waals surface area contributed by atoms with E-state index in [2.05, 4.69) is 12.6 Å². The molecule has 0 aliphatic heterocycles. The molecule has 0 saturated carbocycles. The maximum absolute atomic E-state index is 5.50. The summed E-state index contributed by atoms with van der Waals surface area (Å²) in [6, 6.07) is 0.939. The van der Waals surface area contributed by atoms with E-state index in [0.717, 1.165) is 18.2 Å². The summed E-state index contributed by atoms with van der Waals surface area (Å²) >= 11 is 4.29. The van der Waals surface area contributed by atoms with E-state index in [0.29, 0.717) is 0 Å². The van der Waals surface area contributed by atoms with Gasteiger partial charge in [0.05, 0.1) is 0 Å². The molecule has 0 fully saturated rings. The molecule has 0 atom stereocenters. The molecule has 0 aromatic rings. The van der Waals surface area contributed by atoms with Crippen LogP contribution in [0.25, 0.3) is 0 Å². The van der Waals surface area contributed by atoms with E-state index in [1.807, 2.05) is 0 Å². The van der Waals surface area contributed by atoms with Crippen molar-refractivity contribution in [3.8, 4) is 0 Å². The fraction of sp³-hybridized carbons (Fsp3) is 1.00. The second-order valence-corrected chi connectivity index (χ2v) is 16.3. The van der Waals surface area contributed by atoms with Gasteiger partial charge in [0.2, 0.25) is 0 Å². The minimum absolute atomic E-state index is 0.939. The SMILES string of the molecule is CO[Si](CCCCCCCCCCCCCCCCCCCCCCCCCCCCCCCCCS)(OC)OC. The highest BCUT2D eigenvalue weighted by Crippen LogP contribution is 2.19. The van der Waals surface area contributed by atoms with Crippen LogP contribution in [-0.2, 0) is 13.3 Å². The maximum atomic E-state index is 5.50. The number of thiol groups is 1. The first-order valence-corrected chi connectivity index (χ1v) is 21.1. The fourth-order valence-electron chi connectivity index (χ4n) is 6.14. The van der Waals surface area contributed by atoms with E-state index < -0.39 is 8.80 Å². The van der Waals surface area contributed by atoms with E-state index in [1.165, 1.54) is 193 Å². The van der Waals surface area contributed by atoms with E-state index in [9.17, 15) is 0 Å². The highest BCUT2D eigenvalue weighted by molar-refractivity contribution is 7.80. The molecule has 0 aliphatic rings. The fourth-order valence-corrected chi connectivity index (χ4v) is 8.16. The molecule has 0 aromatic carbocycles. The molecule has 5 heteroatoms. The molecule has 0 spiro atoms. The zero-order chi connectivity index (χ0) is 30.0. The molecule has 41 heavy (non-hydrogen) atoms. The minimum atomic E-state index is -2.34. The quantitative estimate of drug-likeness (QED) is 0.0431. The van der Waals surface area contributed by atoms with Crippen LogP contribution in [0.5, 0.6) is 0 Å². The Morgan fingerprint density at radius 3 is 0.634 bits per heavy atom. The summed E-state index contributed by atoms with van der Waals surface area (Å²) in [4.78, 5) is 0. The third kappa shape index (κ3) is 30.3. The van der Waals surface area contributed by atoms with Crippen LogP contribution in [0, 0.1) is 0 Å². The van der Waals surface area contributed by atoms with Crippen LogP contribution >= 0.6 is 12.6 Å². The summed E-state index contributed by atoms with van der Waals surface area (Å²) in [7, 11) is 2.79. The lowest BCUT2D eigenvalue weighted by Gasteiger charge is -2.24. The molecule has 3 nitrogen and oxygen atoms in total. The number of hydrogen-bond acceptors (Lipinski definition) is 4. The summed E-state index contributed by atoms with van der Waals surface area (Å²) in [6.45, 7) is 0. The summed E-state index contributed by atoms with van der Waals surface area (Å²) in [5, 5.41) is 0. The van der Waals surface area contributed by atoms with Crippen LogP contribution in [0.2, 0.25) is 6.04 Å². The van der Waals surface area contributed by atoms with E-state index in [-0.39, 0.29) is 0 Å². The van der Waals surface area contributed by atoms with E-state index >= 15 is 0 Å². The van der Waals surface area contributed by atoms with Crippen LogP contribution in [-0.4, -0.2) is 35.9 Å². The molecule has 0 heterocycles. The van der Waals surface area contributed by atoms with E-state index in [4.69, 9.17) is 13.3 Å². The first-order chi connectivity index (χ1) is 20.2. The largest absolute Gasteiger partial charge is 0.500 e. The Kier molecular flexibility index (Phi) is 35.3. The van der Waals surface area contributed by atoms with Crippen molar-refractivity contribution in [3.63, 3.8) is 0 Å². The van der Waals surface area contributed by atoms with Gasteiger partial charge in [0.25, 0.3) is 0 Å². The average Bonchev–Trinajstić information content (AvgIpc) is 3.00. The molecule has 0 unspecified atom stereocenters. The lowest BCUT2D eigenvalue weighted by molar-refractivity contribution is 0.122. The van der Waals surface area contributed by atoms with Crippen molar-refractivity contribution in [1.29, 1.82) is 0 Å². The lowest BCUT2D eigenvalue weighted by Crippen LogP contribution is -2.42. The number of unbranched alkanes of at least 4 members (excludes halogenated alkanes) is 30. The van der Waals surface area contributed by atoms with Gasteiger partial charge in [-0.05, 0) is 18.6 Å². The Hall–Kier alpha value is 0.447. The number of rotatable bonds is 36. The third-order valence-corrected chi connectivity index (χ3v) is 12.2. The summed E-state index contributed by atoms with van der Waals surface area (Å²) in [6.07, 6.45) is 44.3. The molecular weight excluding hydrogens is 541 g/mol. The maximum Gasteiger partial charge on any atom is 0.500 e. The average molecular weight is 617 g/mol. The molecule has 0 radical (unpaired) electrons. The smallest absolute Gasteiger partial charge is 0.377 e. The van der Waals surface area contributed by atoms with Crippen LogP contribution in [0.3, 0.4) is 0 Å². The van der Waals surface area contributed by atoms with Gasteiger partial charge in [-0.2, -0.15) is 12.6 Å². The Balaban J connectivity index is 3.12. The van der Waals surface area contributed by atoms with Crippen molar-refractivity contribution in [2.75, 3.05) is 27.1 Å². The monoisotopic (exact) mass is 617 g/mol. The highest BCUT2D eigenvalue weighted by atomic mass is 32.1. The van der Waals surface area contributed by atoms with Gasteiger partial charge >= 0.3 is 8.80 Å². The van der Waals surface area contributed by atoms with Gasteiger partial charge in [0.15, 0.2) is 0 Å². The van der Waals surface area contributed by atoms with Crippen LogP contribution in [0.1, 0.15) is 199 Å². The van der Waals surface area contributed by atoms with Gasteiger partial charge in [0.1, 0.15) is 0 Å². The van der Waals surface area contributed by atoms with Crippen LogP contribution in [0.15, 0.2) is 0 Å². The van der Waals surface area contributed by atoms with Crippen LogP contribution in [0.4, 0.5) is 0 Å². The molecular formula is C36H76O3SSi. The number of hydrogen-bond donors (Lipinski definition) is 1. The minimum Gasteiger partial charge on any atom is -0.377 e. The topological polar surface area (TPSA) is 27.7 Å². The summed E-state index contributed by atoms with van der Waals surface area (Å²) in [5.41, 5.74) is 0. The van der Waals surface area contributed by atoms with Crippen LogP contribution < -0.4 is 0 Å². The van der Waals surface area contributed by atoms with Gasteiger partial charge in [-0.1, -0.05) is 186 Å². The van der Waals surface area contributed by atoms with Crippen molar-refractivity contribution in [2.45, 2.75) is 205 Å². The summed E-state index contributed by atoms with van der Waals surface area (Å²) < 4.78 is 16.5. The molecule has 0 aliphatic carbocycles. The summed E-state index contributed by atoms with van der Waals surface area (Å²) in [5.74, 6) is 1.06. The predicted molar refractivity (Wildman–Crippen MR) is 189 cm³/mol. The first kappa shape index (κ1) is 41.4. The zero-order valence-electron chi connectivity index (χ0n) is 28.5. The zero-order valence-corrected chi connectivity index (χ0v) is 30.4. The van der Waals surface area contributed by atoms with Crippen molar-refractivity contribution in [1.82, 2.24) is 0 Å². The van der Waals surface area contributed by atoms with Gasteiger partial charge in [-0.15, -0.1) is 0 Å². The Morgan fingerprint density at radius 2 is 0.463 bits per heavy atom. The Bertz CT molecular complexity index is 467. The lowest BCUT2D eigenvalue weighted by atomic mass is 10.0. The Morgan fingerprint density at radius 1 is 0.293 bits per heavy atom. The predicted octanol–water partition coefficient (Wildman–Crippen LogP) is 12.9. The molecule has 0 rings (SSSR count). The molecule has 0 bridgehead atoms. The van der Waals surface area contributed by atoms with E-state index in [1.54, 1.807) is 21.3 Å². The normalized spacial score (nSPS) is 12.0. The molecule has 248 valence electrons. The second kappa shape index (κ2) is 34.9. The Labute approximate surface area is 266 Å². The van der Waals surface area contributed by atoms with Gasteiger partial charge in [0, 0.05) is 27.4 Å². The van der Waals surface area contributed by atoms with Crippen molar-refractivity contribution in [3.05, 3.63) is 0 Å².